The van der Waals surface area contributed by atoms with E-state index in [2.05, 4.69) is 16.2 Å². The number of hydrogen-bond acceptors (Lipinski definition) is 6. The minimum atomic E-state index is -1.07. The van der Waals surface area contributed by atoms with E-state index >= 15 is 0 Å². The molecule has 1 unspecified atom stereocenters. The number of rotatable bonds is 7. The van der Waals surface area contributed by atoms with Crippen molar-refractivity contribution in [2.24, 2.45) is 0 Å². The number of ether oxygens (including phenoxy) is 2. The molecule has 0 fully saturated rings. The first-order chi connectivity index (χ1) is 10.1. The summed E-state index contributed by atoms with van der Waals surface area (Å²) in [5.74, 6) is 1.36. The van der Waals surface area contributed by atoms with E-state index in [1.54, 1.807) is 25.3 Å². The fourth-order valence-corrected chi connectivity index (χ4v) is 2.32. The number of thioether (sulfide) groups is 1. The van der Waals surface area contributed by atoms with Gasteiger partial charge in [-0.2, -0.15) is 0 Å². The zero-order valence-electron chi connectivity index (χ0n) is 11.9. The smallest absolute Gasteiger partial charge is 0.438 e. The summed E-state index contributed by atoms with van der Waals surface area (Å²) in [5, 5.41) is 11.3. The molecule has 0 aliphatic rings. The molecule has 0 radical (unpaired) electrons. The van der Waals surface area contributed by atoms with Crippen molar-refractivity contribution in [3.63, 3.8) is 0 Å². The predicted molar refractivity (Wildman–Crippen MR) is 81.6 cm³/mol. The standard InChI is InChI=1S/C14H17NO5S/c1-4-9-21-13(10-15(17)20-14(16)19-3)11-5-7-12(18-2)8-6-11/h4-8,10,13H,1,9H2,2-3H3/b15-10+. The lowest BCUT2D eigenvalue weighted by atomic mass is 10.1. The maximum atomic E-state index is 11.6. The van der Waals surface area contributed by atoms with Crippen LogP contribution in [0.15, 0.2) is 36.9 Å². The van der Waals surface area contributed by atoms with Gasteiger partial charge in [0.15, 0.2) is 0 Å². The molecule has 7 heteroatoms. The number of hydrogen-bond donors (Lipinski definition) is 0. The van der Waals surface area contributed by atoms with Crippen molar-refractivity contribution in [2.75, 3.05) is 20.0 Å². The Kier molecular flexibility index (Phi) is 7.17. The Labute approximate surface area is 127 Å². The molecule has 0 saturated carbocycles. The molecular weight excluding hydrogens is 294 g/mol. The highest BCUT2D eigenvalue weighted by Gasteiger charge is 2.15. The highest BCUT2D eigenvalue weighted by atomic mass is 32.2. The molecule has 0 aromatic heterocycles. The molecule has 0 aliphatic carbocycles. The van der Waals surface area contributed by atoms with Gasteiger partial charge < -0.3 is 9.47 Å². The minimum absolute atomic E-state index is 0.0941. The van der Waals surface area contributed by atoms with Gasteiger partial charge in [-0.05, 0) is 17.7 Å². The summed E-state index contributed by atoms with van der Waals surface area (Å²) in [5.41, 5.74) is 0.872. The highest BCUT2D eigenvalue weighted by Crippen LogP contribution is 2.28. The van der Waals surface area contributed by atoms with Crippen LogP contribution >= 0.6 is 11.8 Å². The first kappa shape index (κ1) is 16.9. The van der Waals surface area contributed by atoms with Gasteiger partial charge in [-0.3, -0.25) is 10.0 Å². The van der Waals surface area contributed by atoms with E-state index < -0.39 is 6.16 Å². The Balaban J connectivity index is 2.90. The van der Waals surface area contributed by atoms with E-state index in [1.807, 2.05) is 12.1 Å². The SMILES string of the molecule is C=CCSC(/C=[N+](\[O-])OC(=O)OC)c1ccc(OC)cc1. The Morgan fingerprint density at radius 2 is 2.10 bits per heavy atom. The average molecular weight is 311 g/mol. The summed E-state index contributed by atoms with van der Waals surface area (Å²) in [4.78, 5) is 15.4. The lowest BCUT2D eigenvalue weighted by molar-refractivity contribution is -0.711. The molecule has 0 spiro atoms. The van der Waals surface area contributed by atoms with E-state index in [1.165, 1.54) is 18.0 Å². The van der Waals surface area contributed by atoms with Crippen molar-refractivity contribution in [3.05, 3.63) is 47.7 Å². The lowest BCUT2D eigenvalue weighted by Crippen LogP contribution is -2.16. The van der Waals surface area contributed by atoms with E-state index in [9.17, 15) is 10.0 Å². The first-order valence-electron chi connectivity index (χ1n) is 6.04. The molecule has 1 rings (SSSR count). The number of benzene rings is 1. The van der Waals surface area contributed by atoms with E-state index in [-0.39, 0.29) is 10.2 Å². The Hall–Kier alpha value is -2.15. The second-order valence-electron chi connectivity index (χ2n) is 3.80. The van der Waals surface area contributed by atoms with Crippen molar-refractivity contribution in [1.29, 1.82) is 0 Å². The zero-order valence-corrected chi connectivity index (χ0v) is 12.7. The molecule has 0 amide bonds. The van der Waals surface area contributed by atoms with Crippen LogP contribution in [-0.2, 0) is 9.57 Å². The number of nitrogens with zero attached hydrogens (tertiary/aromatic N) is 1. The van der Waals surface area contributed by atoms with Crippen LogP contribution in [0, 0.1) is 5.21 Å². The van der Waals surface area contributed by atoms with Crippen LogP contribution in [0.4, 0.5) is 4.79 Å². The summed E-state index contributed by atoms with van der Waals surface area (Å²) in [6.07, 6.45) is 1.90. The van der Waals surface area contributed by atoms with Gasteiger partial charge in [0.05, 0.1) is 14.2 Å². The van der Waals surface area contributed by atoms with Gasteiger partial charge in [0.25, 0.3) is 0 Å². The van der Waals surface area contributed by atoms with Gasteiger partial charge in [-0.25, -0.2) is 4.79 Å². The molecule has 0 aliphatic heterocycles. The summed E-state index contributed by atoms with van der Waals surface area (Å²) in [6.45, 7) is 3.64. The Bertz CT molecular complexity index is 501. The molecule has 1 aromatic carbocycles. The second kappa shape index (κ2) is 8.91. The summed E-state index contributed by atoms with van der Waals surface area (Å²) in [6, 6.07) is 7.26. The fraction of sp³-hybridized carbons (Fsp3) is 0.286. The highest BCUT2D eigenvalue weighted by molar-refractivity contribution is 8.00. The number of carbonyl (C=O) groups is 1. The van der Waals surface area contributed by atoms with Crippen molar-refractivity contribution in [1.82, 2.24) is 0 Å². The molecule has 0 saturated heterocycles. The quantitative estimate of drug-likeness (QED) is 0.192. The average Bonchev–Trinajstić information content (AvgIpc) is 2.51. The van der Waals surface area contributed by atoms with Gasteiger partial charge in [-0.1, -0.05) is 18.2 Å². The molecule has 21 heavy (non-hydrogen) atoms. The molecule has 114 valence electrons. The number of methoxy groups -OCH3 is 2. The van der Waals surface area contributed by atoms with E-state index in [4.69, 9.17) is 4.74 Å². The minimum Gasteiger partial charge on any atom is -0.497 e. The molecular formula is C14H17NO5S. The first-order valence-corrected chi connectivity index (χ1v) is 7.09. The maximum Gasteiger partial charge on any atom is 0.438 e. The van der Waals surface area contributed by atoms with Gasteiger partial charge >= 0.3 is 6.16 Å². The summed E-state index contributed by atoms with van der Waals surface area (Å²) in [7, 11) is 2.71. The van der Waals surface area contributed by atoms with Crippen LogP contribution in [0.1, 0.15) is 10.8 Å². The summed E-state index contributed by atoms with van der Waals surface area (Å²) >= 11 is 1.46. The Morgan fingerprint density at radius 3 is 2.62 bits per heavy atom. The van der Waals surface area contributed by atoms with Crippen molar-refractivity contribution in [3.8, 4) is 5.75 Å². The van der Waals surface area contributed by atoms with E-state index in [0.29, 0.717) is 5.75 Å². The van der Waals surface area contributed by atoms with Crippen LogP contribution in [-0.4, -0.2) is 37.2 Å². The molecule has 6 nitrogen and oxygen atoms in total. The normalized spacial score (nSPS) is 12.4. The largest absolute Gasteiger partial charge is 0.497 e. The maximum absolute atomic E-state index is 11.6. The van der Waals surface area contributed by atoms with Gasteiger partial charge in [0.2, 0.25) is 6.21 Å². The van der Waals surface area contributed by atoms with Gasteiger partial charge in [0, 0.05) is 10.7 Å². The third kappa shape index (κ3) is 5.78. The number of carbonyl (C=O) groups excluding carboxylic acids is 1. The third-order valence-electron chi connectivity index (χ3n) is 2.43. The van der Waals surface area contributed by atoms with Crippen LogP contribution in [0.3, 0.4) is 0 Å². The van der Waals surface area contributed by atoms with Crippen LogP contribution in [0.2, 0.25) is 0 Å². The van der Waals surface area contributed by atoms with Crippen LogP contribution in [0.25, 0.3) is 0 Å². The molecule has 1 aromatic rings. The Morgan fingerprint density at radius 1 is 1.43 bits per heavy atom. The van der Waals surface area contributed by atoms with Gasteiger partial charge in [-0.15, -0.1) is 18.3 Å². The van der Waals surface area contributed by atoms with Crippen molar-refractivity contribution < 1.29 is 24.0 Å². The van der Waals surface area contributed by atoms with Crippen LogP contribution in [0.5, 0.6) is 5.75 Å². The zero-order chi connectivity index (χ0) is 15.7. The fourth-order valence-electron chi connectivity index (χ4n) is 1.44. The second-order valence-corrected chi connectivity index (χ2v) is 4.97. The molecule has 0 heterocycles. The molecule has 0 bridgehead atoms. The predicted octanol–water partition coefficient (Wildman–Crippen LogP) is 2.93. The van der Waals surface area contributed by atoms with E-state index in [0.717, 1.165) is 18.4 Å². The third-order valence-corrected chi connectivity index (χ3v) is 3.61. The lowest BCUT2D eigenvalue weighted by Gasteiger charge is -2.11. The molecule has 1 atom stereocenters. The summed E-state index contributed by atoms with van der Waals surface area (Å²) < 4.78 is 9.34. The van der Waals surface area contributed by atoms with Gasteiger partial charge in [0.1, 0.15) is 11.0 Å². The topological polar surface area (TPSA) is 70.8 Å². The van der Waals surface area contributed by atoms with Crippen molar-refractivity contribution in [2.45, 2.75) is 5.25 Å². The molecule has 0 N–H and O–H groups in total. The van der Waals surface area contributed by atoms with Crippen LogP contribution < -0.4 is 4.74 Å². The monoisotopic (exact) mass is 311 g/mol. The van der Waals surface area contributed by atoms with Crippen molar-refractivity contribution >= 4 is 24.1 Å².